The first-order valence-corrected chi connectivity index (χ1v) is 11.3. The topological polar surface area (TPSA) is 88.5 Å². The van der Waals surface area contributed by atoms with Gasteiger partial charge in [0.2, 0.25) is 0 Å². The van der Waals surface area contributed by atoms with Crippen LogP contribution in [0, 0.1) is 0 Å². The average molecular weight is 457 g/mol. The summed E-state index contributed by atoms with van der Waals surface area (Å²) in [5, 5.41) is 20.7. The van der Waals surface area contributed by atoms with Crippen molar-refractivity contribution in [3.05, 3.63) is 45.7 Å². The van der Waals surface area contributed by atoms with Gasteiger partial charge in [-0.2, -0.15) is 13.2 Å². The Bertz CT molecular complexity index is 1010. The van der Waals surface area contributed by atoms with Gasteiger partial charge in [0.05, 0.1) is 10.6 Å². The summed E-state index contributed by atoms with van der Waals surface area (Å²) in [6.07, 6.45) is -0.363. The van der Waals surface area contributed by atoms with E-state index in [1.54, 1.807) is 6.07 Å². The van der Waals surface area contributed by atoms with Gasteiger partial charge in [0.25, 0.3) is 5.56 Å². The minimum absolute atomic E-state index is 0.0515. The van der Waals surface area contributed by atoms with Gasteiger partial charge in [0.1, 0.15) is 11.7 Å². The molecule has 2 heterocycles. The molecule has 5 nitrogen and oxygen atoms in total. The minimum atomic E-state index is -4.51. The maximum absolute atomic E-state index is 13.4. The molecule has 0 radical (unpaired) electrons. The maximum atomic E-state index is 13.4. The van der Waals surface area contributed by atoms with Crippen LogP contribution in [-0.2, 0) is 12.6 Å². The summed E-state index contributed by atoms with van der Waals surface area (Å²) in [6.45, 7) is 3.25. The molecular weight excluding hydrogens is 429 g/mol. The van der Waals surface area contributed by atoms with Crippen molar-refractivity contribution in [1.29, 1.82) is 0 Å². The average Bonchev–Trinajstić information content (AvgIpc) is 3.13. The molecule has 170 valence electrons. The highest BCUT2D eigenvalue weighted by molar-refractivity contribution is 7.99. The number of nitrogens with zero attached hydrogens (tertiary/aromatic N) is 1. The van der Waals surface area contributed by atoms with E-state index in [1.807, 2.05) is 0 Å². The van der Waals surface area contributed by atoms with Crippen LogP contribution in [0.25, 0.3) is 11.1 Å². The van der Waals surface area contributed by atoms with Crippen LogP contribution >= 0.6 is 11.8 Å². The summed E-state index contributed by atoms with van der Waals surface area (Å²) in [7, 11) is 0. The molecular formula is C22H27F3N2O3S. The Morgan fingerprint density at radius 2 is 1.94 bits per heavy atom. The highest BCUT2D eigenvalue weighted by atomic mass is 32.2. The molecule has 0 saturated carbocycles. The third-order valence-corrected chi connectivity index (χ3v) is 6.75. The summed E-state index contributed by atoms with van der Waals surface area (Å²) in [4.78, 5) is 13.1. The molecule has 0 aliphatic carbocycles. The van der Waals surface area contributed by atoms with E-state index >= 15 is 0 Å². The highest BCUT2D eigenvalue weighted by Gasteiger charge is 2.40. The van der Waals surface area contributed by atoms with Gasteiger partial charge in [-0.25, -0.2) is 0 Å². The van der Waals surface area contributed by atoms with Crippen molar-refractivity contribution in [1.82, 2.24) is 4.57 Å². The van der Waals surface area contributed by atoms with Crippen molar-refractivity contribution in [2.24, 2.45) is 0 Å². The Morgan fingerprint density at radius 3 is 2.55 bits per heavy atom. The summed E-state index contributed by atoms with van der Waals surface area (Å²) in [5.41, 5.74) is 6.13. The number of anilines is 1. The summed E-state index contributed by atoms with van der Waals surface area (Å²) in [6, 6.07) is 3.99. The van der Waals surface area contributed by atoms with E-state index in [0.717, 1.165) is 37.8 Å². The number of hydrogen-bond donors (Lipinski definition) is 3. The third-order valence-electron chi connectivity index (χ3n) is 5.59. The number of benzene rings is 1. The van der Waals surface area contributed by atoms with Gasteiger partial charge < -0.3 is 15.9 Å². The molecule has 1 aromatic carbocycles. The van der Waals surface area contributed by atoms with Crippen LogP contribution in [0.2, 0.25) is 0 Å². The number of nitrogen functional groups attached to an aromatic ring is 1. The van der Waals surface area contributed by atoms with Crippen LogP contribution in [0.5, 0.6) is 0 Å². The molecule has 9 heteroatoms. The Labute approximate surface area is 183 Å². The number of rotatable bonds is 7. The number of unbranched alkanes of at least 4 members (excludes halogenated alkanes) is 3. The summed E-state index contributed by atoms with van der Waals surface area (Å²) < 4.78 is 41.3. The zero-order valence-electron chi connectivity index (χ0n) is 17.5. The molecule has 1 aliphatic rings. The number of aliphatic hydroxyl groups is 2. The number of fused-ring (bicyclic) bond motifs is 1. The van der Waals surface area contributed by atoms with Crippen LogP contribution < -0.4 is 11.3 Å². The Kier molecular flexibility index (Phi) is 6.78. The molecule has 1 aliphatic heterocycles. The van der Waals surface area contributed by atoms with Gasteiger partial charge >= 0.3 is 6.18 Å². The lowest BCUT2D eigenvalue weighted by Crippen LogP contribution is -2.41. The number of alkyl halides is 3. The number of thioether (sulfide) groups is 1. The van der Waals surface area contributed by atoms with Gasteiger partial charge in [-0.3, -0.25) is 9.36 Å². The van der Waals surface area contributed by atoms with E-state index in [0.29, 0.717) is 28.1 Å². The first kappa shape index (κ1) is 23.7. The second kappa shape index (κ2) is 8.88. The molecule has 0 fully saturated rings. The van der Waals surface area contributed by atoms with Gasteiger partial charge in [0.15, 0.2) is 5.79 Å². The zero-order valence-corrected chi connectivity index (χ0v) is 18.3. The van der Waals surface area contributed by atoms with Crippen LogP contribution in [0.15, 0.2) is 34.1 Å². The van der Waals surface area contributed by atoms with E-state index < -0.39 is 29.1 Å². The number of hydrogen-bond acceptors (Lipinski definition) is 5. The predicted octanol–water partition coefficient (Wildman–Crippen LogP) is 4.59. The van der Waals surface area contributed by atoms with Crippen LogP contribution in [0.1, 0.15) is 56.7 Å². The second-order valence-corrected chi connectivity index (χ2v) is 9.07. The van der Waals surface area contributed by atoms with E-state index in [4.69, 9.17) is 5.73 Å². The van der Waals surface area contributed by atoms with Crippen LogP contribution in [-0.4, -0.2) is 26.3 Å². The summed E-state index contributed by atoms with van der Waals surface area (Å²) >= 11 is 1.22. The second-order valence-electron chi connectivity index (χ2n) is 8.06. The maximum Gasteiger partial charge on any atom is 0.416 e. The smallest absolute Gasteiger partial charge is 0.394 e. The molecule has 3 rings (SSSR count). The van der Waals surface area contributed by atoms with Crippen molar-refractivity contribution < 1.29 is 23.4 Å². The molecule has 31 heavy (non-hydrogen) atoms. The molecule has 0 unspecified atom stereocenters. The molecule has 2 aromatic rings. The molecule has 0 spiro atoms. The fourth-order valence-electron chi connectivity index (χ4n) is 3.93. The molecule has 0 bridgehead atoms. The van der Waals surface area contributed by atoms with Gasteiger partial charge in [-0.15, -0.1) is 11.8 Å². The van der Waals surface area contributed by atoms with Crippen molar-refractivity contribution in [3.8, 4) is 11.1 Å². The van der Waals surface area contributed by atoms with Crippen LogP contribution in [0.4, 0.5) is 18.9 Å². The van der Waals surface area contributed by atoms with Gasteiger partial charge in [-0.1, -0.05) is 38.3 Å². The predicted molar refractivity (Wildman–Crippen MR) is 116 cm³/mol. The number of aromatic nitrogens is 1. The quantitative estimate of drug-likeness (QED) is 0.419. The SMILES string of the molecule is CCCCCCc1c(-c2cccc(C(F)(F)F)c2)c2n(c(=O)c1N)[C@H](C(C)(O)O)CS2. The van der Waals surface area contributed by atoms with E-state index in [1.165, 1.54) is 29.3 Å². The van der Waals surface area contributed by atoms with E-state index in [2.05, 4.69) is 6.92 Å². The Hall–Kier alpha value is -1.97. The lowest BCUT2D eigenvalue weighted by atomic mass is 9.94. The fourth-order valence-corrected chi connectivity index (χ4v) is 5.45. The first-order chi connectivity index (χ1) is 14.5. The Morgan fingerprint density at radius 1 is 1.23 bits per heavy atom. The molecule has 0 amide bonds. The third kappa shape index (κ3) is 4.78. The standard InChI is InChI=1S/C22H27F3N2O3S/c1-3-4-5-6-10-15-17(13-8-7-9-14(11-13)22(23,24)25)20-27(19(28)18(15)26)16(12-31-20)21(2,29)30/h7-9,11,16,29-30H,3-6,10,12,26H2,1-2H3/t16-/m0/s1. The molecule has 1 aromatic heterocycles. The Balaban J connectivity index is 2.24. The lowest BCUT2D eigenvalue weighted by Gasteiger charge is -2.27. The zero-order chi connectivity index (χ0) is 23.0. The normalized spacial score (nSPS) is 16.5. The van der Waals surface area contributed by atoms with Gasteiger partial charge in [0, 0.05) is 11.3 Å². The van der Waals surface area contributed by atoms with E-state index in [9.17, 15) is 28.2 Å². The van der Waals surface area contributed by atoms with E-state index in [-0.39, 0.29) is 11.4 Å². The van der Waals surface area contributed by atoms with Crippen LogP contribution in [0.3, 0.4) is 0 Å². The van der Waals surface area contributed by atoms with Gasteiger partial charge in [-0.05, 0) is 43.0 Å². The van der Waals surface area contributed by atoms with Crippen molar-refractivity contribution in [3.63, 3.8) is 0 Å². The number of pyridine rings is 1. The minimum Gasteiger partial charge on any atom is -0.394 e. The molecule has 4 N–H and O–H groups in total. The number of halogens is 3. The molecule has 0 saturated heterocycles. The highest BCUT2D eigenvalue weighted by Crippen LogP contribution is 2.45. The fraction of sp³-hybridized carbons (Fsp3) is 0.500. The summed E-state index contributed by atoms with van der Waals surface area (Å²) in [5.74, 6) is -1.98. The number of nitrogens with two attached hydrogens (primary N) is 1. The van der Waals surface area contributed by atoms with Crippen molar-refractivity contribution in [2.45, 2.75) is 69.0 Å². The van der Waals surface area contributed by atoms with Crippen molar-refractivity contribution >= 4 is 17.4 Å². The largest absolute Gasteiger partial charge is 0.416 e. The first-order valence-electron chi connectivity index (χ1n) is 10.3. The van der Waals surface area contributed by atoms with Crippen molar-refractivity contribution in [2.75, 3.05) is 11.5 Å². The monoisotopic (exact) mass is 456 g/mol. The lowest BCUT2D eigenvalue weighted by molar-refractivity contribution is -0.174. The molecule has 1 atom stereocenters.